The van der Waals surface area contributed by atoms with Crippen LogP contribution in [0.3, 0.4) is 0 Å². The van der Waals surface area contributed by atoms with E-state index in [2.05, 4.69) is 73.1 Å². The van der Waals surface area contributed by atoms with Gasteiger partial charge in [0.05, 0.1) is 30.1 Å². The number of anilines is 6. The van der Waals surface area contributed by atoms with Gasteiger partial charge >= 0.3 is 5.97 Å². The van der Waals surface area contributed by atoms with Gasteiger partial charge in [0.15, 0.2) is 23.3 Å². The molecule has 0 aliphatic rings. The Bertz CT molecular complexity index is 3740. The first kappa shape index (κ1) is 62.5. The van der Waals surface area contributed by atoms with Gasteiger partial charge < -0.3 is 89.9 Å². The Morgan fingerprint density at radius 2 is 0.756 bits per heavy atom. The number of carbonyl (C=O) groups excluding carboxylic acids is 11. The average molecular weight is 1190 g/mol. The summed E-state index contributed by atoms with van der Waals surface area (Å²) in [5.74, 6) is -5.26. The summed E-state index contributed by atoms with van der Waals surface area (Å²) >= 11 is 0. The van der Waals surface area contributed by atoms with Crippen LogP contribution in [0.1, 0.15) is 113 Å². The van der Waals surface area contributed by atoms with Crippen LogP contribution in [-0.4, -0.2) is 150 Å². The Kier molecular flexibility index (Phi) is 20.5. The Labute approximate surface area is 490 Å². The maximum atomic E-state index is 13.3. The third kappa shape index (κ3) is 16.5. The first-order valence-electron chi connectivity index (χ1n) is 26.6. The van der Waals surface area contributed by atoms with Gasteiger partial charge in [-0.05, 0) is 31.5 Å². The highest BCUT2D eigenvalue weighted by molar-refractivity contribution is 6.06. The second kappa shape index (κ2) is 28.2. The molecule has 0 saturated heterocycles. The number of nitrogens with one attached hydrogen (secondary N) is 10. The molecule has 10 N–H and O–H groups in total. The van der Waals surface area contributed by atoms with Gasteiger partial charge in [-0.15, -0.1) is 0 Å². The summed E-state index contributed by atoms with van der Waals surface area (Å²) in [5, 5.41) is 26.5. The molecule has 7 aromatic rings. The topological polar surface area (TPSA) is 403 Å². The molecule has 0 fully saturated rings. The standard InChI is InChI=1S/C53H65N21O12/c1-9-86-42(78)14-18-58-50(82)44-65-37(27-72(44)6)63-40(76)12-16-57-49(81)35-23-32(26-71(35)5)61-52(84)45-66-36(28-73(45)7)62-39(75)11-10-15-55-47(79)33-22-31(25-69(33)3)60-53(85)46-67-38(29-74(46)8)64-41(77)13-17-56-48(80)34-21-30(24-70(34)4)59-51(83)43-54-19-20-68(43)2/h19-29H,9-18H2,1-8H3,(H,55,79)(H,56,80)(H,57,81)(H,58,82)(H,59,83)(H,60,85)(H,61,84)(H,62,75)(H,63,76)(H,64,77). The van der Waals surface area contributed by atoms with Crippen molar-refractivity contribution in [3.8, 4) is 0 Å². The van der Waals surface area contributed by atoms with E-state index in [-0.39, 0.29) is 134 Å². The van der Waals surface area contributed by atoms with Crippen LogP contribution in [0.25, 0.3) is 0 Å². The van der Waals surface area contributed by atoms with E-state index in [1.54, 1.807) is 73.2 Å². The summed E-state index contributed by atoms with van der Waals surface area (Å²) in [5.41, 5.74) is 1.53. The predicted molar refractivity (Wildman–Crippen MR) is 308 cm³/mol. The van der Waals surface area contributed by atoms with E-state index in [0.29, 0.717) is 5.69 Å². The van der Waals surface area contributed by atoms with E-state index in [9.17, 15) is 52.7 Å². The molecule has 0 aromatic carbocycles. The number of carbonyl (C=O) groups is 11. The van der Waals surface area contributed by atoms with Crippen LogP contribution in [0.2, 0.25) is 0 Å². The monoisotopic (exact) mass is 1190 g/mol. The number of rotatable bonds is 27. The maximum absolute atomic E-state index is 13.3. The molecular weight excluding hydrogens is 1120 g/mol. The highest BCUT2D eigenvalue weighted by Gasteiger charge is 2.23. The lowest BCUT2D eigenvalue weighted by atomic mass is 10.3. The molecule has 33 heteroatoms. The lowest BCUT2D eigenvalue weighted by Gasteiger charge is -2.06. The molecule has 0 saturated carbocycles. The summed E-state index contributed by atoms with van der Waals surface area (Å²) in [4.78, 5) is 157. The third-order valence-electron chi connectivity index (χ3n) is 12.6. The van der Waals surface area contributed by atoms with E-state index < -0.39 is 65.0 Å². The van der Waals surface area contributed by atoms with E-state index in [4.69, 9.17) is 4.74 Å². The van der Waals surface area contributed by atoms with Crippen LogP contribution in [0, 0.1) is 0 Å². The van der Waals surface area contributed by atoms with Crippen LogP contribution in [0.5, 0.6) is 0 Å². The lowest BCUT2D eigenvalue weighted by molar-refractivity contribution is -0.143. The van der Waals surface area contributed by atoms with Crippen molar-refractivity contribution in [2.45, 2.75) is 39.0 Å². The number of imidazole rings is 4. The van der Waals surface area contributed by atoms with Crippen LogP contribution in [0.15, 0.2) is 67.8 Å². The fourth-order valence-electron chi connectivity index (χ4n) is 8.44. The molecule has 0 bridgehead atoms. The van der Waals surface area contributed by atoms with Gasteiger partial charge in [0.2, 0.25) is 35.2 Å². The molecule has 86 heavy (non-hydrogen) atoms. The number of hydrogen-bond donors (Lipinski definition) is 10. The molecule has 0 aliphatic carbocycles. The lowest BCUT2D eigenvalue weighted by Crippen LogP contribution is -2.29. The van der Waals surface area contributed by atoms with E-state index in [1.165, 1.54) is 82.8 Å². The minimum absolute atomic E-state index is 0.00345. The summed E-state index contributed by atoms with van der Waals surface area (Å²) in [7, 11) is 11.2. The van der Waals surface area contributed by atoms with Crippen molar-refractivity contribution in [3.63, 3.8) is 0 Å². The Hall–Kier alpha value is -11.2. The number of hydrogen-bond acceptors (Lipinski definition) is 16. The molecule has 0 unspecified atom stereocenters. The van der Waals surface area contributed by atoms with Crippen LogP contribution in [0.4, 0.5) is 34.5 Å². The zero-order valence-corrected chi connectivity index (χ0v) is 48.2. The first-order valence-corrected chi connectivity index (χ1v) is 26.6. The maximum Gasteiger partial charge on any atom is 0.307 e. The molecule has 0 aliphatic heterocycles. The van der Waals surface area contributed by atoms with Gasteiger partial charge in [-0.3, -0.25) is 52.7 Å². The Morgan fingerprint density at radius 1 is 0.395 bits per heavy atom. The summed E-state index contributed by atoms with van der Waals surface area (Å²) < 4.78 is 15.1. The molecule has 454 valence electrons. The second-order valence-corrected chi connectivity index (χ2v) is 19.4. The van der Waals surface area contributed by atoms with Crippen molar-refractivity contribution in [1.82, 2.24) is 73.2 Å². The normalized spacial score (nSPS) is 10.8. The number of esters is 1. The quantitative estimate of drug-likeness (QED) is 0.0251. The van der Waals surface area contributed by atoms with Gasteiger partial charge in [0, 0.05) is 144 Å². The SMILES string of the molecule is CCOC(=O)CCNC(=O)c1nc(NC(=O)CCNC(=O)c2cc(NC(=O)c3nc(NC(=O)CCCNC(=O)c4cc(NC(=O)c5nc(NC(=O)CCNC(=O)c6cc(NC(=O)c7nccn7C)cn6C)cn5C)cn4C)cn3C)cn2C)cn1C. The number of ether oxygens (including phenoxy) is 1. The van der Waals surface area contributed by atoms with Gasteiger partial charge in [0.1, 0.15) is 17.1 Å². The molecular formula is C53H65N21O12. The number of aromatic nitrogens is 11. The van der Waals surface area contributed by atoms with Crippen LogP contribution < -0.4 is 53.2 Å². The molecule has 0 atom stereocenters. The third-order valence-corrected chi connectivity index (χ3v) is 12.6. The van der Waals surface area contributed by atoms with Crippen LogP contribution >= 0.6 is 0 Å². The molecule has 7 aromatic heterocycles. The fraction of sp³-hybridized carbons (Fsp3) is 0.340. The van der Waals surface area contributed by atoms with E-state index in [1.807, 2.05) is 0 Å². The Morgan fingerprint density at radius 3 is 1.15 bits per heavy atom. The fourth-order valence-corrected chi connectivity index (χ4v) is 8.44. The summed E-state index contributed by atoms with van der Waals surface area (Å²) in [6.07, 6.45) is 12.0. The van der Waals surface area contributed by atoms with Crippen molar-refractivity contribution in [2.24, 2.45) is 49.3 Å². The highest BCUT2D eigenvalue weighted by Crippen LogP contribution is 2.19. The second-order valence-electron chi connectivity index (χ2n) is 19.4. The van der Waals surface area contributed by atoms with Crippen molar-refractivity contribution >= 4 is 99.6 Å². The Balaban J connectivity index is 0.781. The number of nitrogens with zero attached hydrogens (tertiary/aromatic N) is 11. The van der Waals surface area contributed by atoms with Crippen LogP contribution in [-0.2, 0) is 73.2 Å². The first-order chi connectivity index (χ1) is 41.0. The van der Waals surface area contributed by atoms with Crippen molar-refractivity contribution in [3.05, 3.63) is 108 Å². The minimum Gasteiger partial charge on any atom is -0.466 e. The van der Waals surface area contributed by atoms with Crippen molar-refractivity contribution < 1.29 is 57.5 Å². The van der Waals surface area contributed by atoms with Gasteiger partial charge in [-0.1, -0.05) is 0 Å². The van der Waals surface area contributed by atoms with Crippen molar-refractivity contribution in [1.29, 1.82) is 0 Å². The largest absolute Gasteiger partial charge is 0.466 e. The molecule has 7 heterocycles. The van der Waals surface area contributed by atoms with Gasteiger partial charge in [-0.2, -0.15) is 0 Å². The predicted octanol–water partition coefficient (Wildman–Crippen LogP) is 0.742. The molecule has 10 amide bonds. The molecule has 33 nitrogen and oxygen atoms in total. The van der Waals surface area contributed by atoms with Gasteiger partial charge in [0.25, 0.3) is 41.4 Å². The molecule has 0 radical (unpaired) electrons. The summed E-state index contributed by atoms with van der Waals surface area (Å²) in [6, 6.07) is 4.38. The molecule has 0 spiro atoms. The molecule has 7 rings (SSSR count). The highest BCUT2D eigenvalue weighted by atomic mass is 16.5. The average Bonchev–Trinajstić information content (AvgIpc) is 4.36. The van der Waals surface area contributed by atoms with E-state index in [0.717, 1.165) is 0 Å². The van der Waals surface area contributed by atoms with Gasteiger partial charge in [-0.25, -0.2) is 19.9 Å². The number of amides is 10. The zero-order chi connectivity index (χ0) is 62.4. The zero-order valence-electron chi connectivity index (χ0n) is 48.2. The van der Waals surface area contributed by atoms with Crippen molar-refractivity contribution in [2.75, 3.05) is 64.7 Å². The minimum atomic E-state index is -0.641. The number of aryl methyl sites for hydroxylation is 7. The smallest absolute Gasteiger partial charge is 0.307 e. The van der Waals surface area contributed by atoms with E-state index >= 15 is 0 Å². The summed E-state index contributed by atoms with van der Waals surface area (Å²) in [6.45, 7) is 1.96.